The lowest BCUT2D eigenvalue weighted by atomic mass is 10.1. The highest BCUT2D eigenvalue weighted by Crippen LogP contribution is 2.27. The molecule has 0 unspecified atom stereocenters. The van der Waals surface area contributed by atoms with Gasteiger partial charge in [-0.25, -0.2) is 0 Å². The van der Waals surface area contributed by atoms with E-state index >= 15 is 0 Å². The zero-order valence-electron chi connectivity index (χ0n) is 14.5. The second-order valence-corrected chi connectivity index (χ2v) is 6.21. The van der Waals surface area contributed by atoms with Gasteiger partial charge in [-0.1, -0.05) is 12.1 Å². The van der Waals surface area contributed by atoms with Crippen LogP contribution in [0.25, 0.3) is 0 Å². The van der Waals surface area contributed by atoms with Gasteiger partial charge in [0, 0.05) is 5.71 Å². The van der Waals surface area contributed by atoms with Crippen LogP contribution in [0.2, 0.25) is 0 Å². The first-order valence-electron chi connectivity index (χ1n) is 8.29. The fourth-order valence-electron chi connectivity index (χ4n) is 2.94. The number of methoxy groups -OCH3 is 1. The SMILES string of the molecule is COc1ccc([C@@H](CN=C(C)CC(=O)C(F)(F)F)N2CCCC2)cc1. The van der Waals surface area contributed by atoms with Crippen LogP contribution in [-0.4, -0.2) is 49.3 Å². The molecule has 1 fully saturated rings. The van der Waals surface area contributed by atoms with E-state index in [1.807, 2.05) is 24.3 Å². The highest BCUT2D eigenvalue weighted by atomic mass is 19.4. The second-order valence-electron chi connectivity index (χ2n) is 6.21. The molecule has 7 heteroatoms. The minimum atomic E-state index is -4.80. The van der Waals surface area contributed by atoms with Crippen LogP contribution < -0.4 is 4.74 Å². The number of carbonyl (C=O) groups is 1. The van der Waals surface area contributed by atoms with Crippen molar-refractivity contribution in [3.8, 4) is 5.75 Å². The number of rotatable bonds is 7. The lowest BCUT2D eigenvalue weighted by Gasteiger charge is -2.27. The summed E-state index contributed by atoms with van der Waals surface area (Å²) in [6.07, 6.45) is -3.29. The third kappa shape index (κ3) is 5.56. The Morgan fingerprint density at radius 2 is 1.84 bits per heavy atom. The molecular formula is C18H23F3N2O2. The van der Waals surface area contributed by atoms with Gasteiger partial charge in [-0.2, -0.15) is 13.2 Å². The standard InChI is InChI=1S/C18H23F3N2O2/c1-13(11-17(24)18(19,20)21)22-12-16(23-9-3-4-10-23)14-5-7-15(25-2)8-6-14/h5-8,16H,3-4,9-12H2,1-2H3/t16-/m1/s1. The fourth-order valence-corrected chi connectivity index (χ4v) is 2.94. The molecule has 1 heterocycles. The number of Topliss-reactive ketones (excluding diaryl/α,β-unsaturated/α-hetero) is 1. The Bertz CT molecular complexity index is 606. The zero-order chi connectivity index (χ0) is 18.4. The normalized spacial score (nSPS) is 17.6. The van der Waals surface area contributed by atoms with Crippen molar-refractivity contribution < 1.29 is 22.7 Å². The maximum atomic E-state index is 12.4. The lowest BCUT2D eigenvalue weighted by Crippen LogP contribution is -2.28. The lowest BCUT2D eigenvalue weighted by molar-refractivity contribution is -0.169. The maximum Gasteiger partial charge on any atom is 0.450 e. The first-order valence-corrected chi connectivity index (χ1v) is 8.29. The molecule has 0 N–H and O–H groups in total. The largest absolute Gasteiger partial charge is 0.497 e. The van der Waals surface area contributed by atoms with E-state index in [9.17, 15) is 18.0 Å². The third-order valence-corrected chi connectivity index (χ3v) is 4.35. The Labute approximate surface area is 145 Å². The molecule has 0 radical (unpaired) electrons. The highest BCUT2D eigenvalue weighted by Gasteiger charge is 2.38. The summed E-state index contributed by atoms with van der Waals surface area (Å²) in [6.45, 7) is 3.68. The molecule has 4 nitrogen and oxygen atoms in total. The van der Waals surface area contributed by atoms with Crippen LogP contribution in [0.1, 0.15) is 37.8 Å². The number of hydrogen-bond acceptors (Lipinski definition) is 4. The van der Waals surface area contributed by atoms with Gasteiger partial charge in [0.05, 0.1) is 26.1 Å². The van der Waals surface area contributed by atoms with Gasteiger partial charge in [0.25, 0.3) is 0 Å². The quantitative estimate of drug-likeness (QED) is 0.698. The van der Waals surface area contributed by atoms with E-state index in [1.54, 1.807) is 7.11 Å². The molecule has 25 heavy (non-hydrogen) atoms. The third-order valence-electron chi connectivity index (χ3n) is 4.35. The van der Waals surface area contributed by atoms with E-state index in [0.717, 1.165) is 37.2 Å². The van der Waals surface area contributed by atoms with E-state index < -0.39 is 18.4 Å². The van der Waals surface area contributed by atoms with Crippen molar-refractivity contribution >= 4 is 11.5 Å². The molecule has 1 aromatic carbocycles. The van der Waals surface area contributed by atoms with Crippen LogP contribution in [0.15, 0.2) is 29.3 Å². The van der Waals surface area contributed by atoms with Crippen molar-refractivity contribution in [1.82, 2.24) is 4.90 Å². The number of benzene rings is 1. The number of carbonyl (C=O) groups excluding carboxylic acids is 1. The number of alkyl halides is 3. The van der Waals surface area contributed by atoms with Gasteiger partial charge >= 0.3 is 6.18 Å². The number of ether oxygens (including phenoxy) is 1. The Hall–Kier alpha value is -1.89. The van der Waals surface area contributed by atoms with E-state index in [-0.39, 0.29) is 11.8 Å². The van der Waals surface area contributed by atoms with Crippen LogP contribution in [0.5, 0.6) is 5.75 Å². The number of aliphatic imine (C=N–C) groups is 1. The van der Waals surface area contributed by atoms with Gasteiger partial charge in [0.1, 0.15) is 5.75 Å². The summed E-state index contributed by atoms with van der Waals surface area (Å²) in [5, 5.41) is 0. The molecule has 1 aromatic rings. The van der Waals surface area contributed by atoms with Crippen molar-refractivity contribution in [3.63, 3.8) is 0 Å². The summed E-state index contributed by atoms with van der Waals surface area (Å²) >= 11 is 0. The Kier molecular flexibility index (Phi) is 6.58. The number of ketones is 1. The first kappa shape index (κ1) is 19.4. The molecule has 1 aliphatic rings. The van der Waals surface area contributed by atoms with Crippen molar-refractivity contribution in [3.05, 3.63) is 29.8 Å². The number of likely N-dealkylation sites (tertiary alicyclic amines) is 1. The van der Waals surface area contributed by atoms with E-state index in [0.29, 0.717) is 6.54 Å². The summed E-state index contributed by atoms with van der Waals surface area (Å²) in [6, 6.07) is 7.62. The summed E-state index contributed by atoms with van der Waals surface area (Å²) in [5.74, 6) is -1.00. The van der Waals surface area contributed by atoms with Crippen LogP contribution in [-0.2, 0) is 4.79 Å². The second kappa shape index (κ2) is 8.47. The molecule has 0 bridgehead atoms. The molecule has 0 aromatic heterocycles. The van der Waals surface area contributed by atoms with Crippen molar-refractivity contribution in [2.24, 2.45) is 4.99 Å². The monoisotopic (exact) mass is 356 g/mol. The first-order chi connectivity index (χ1) is 11.8. The maximum absolute atomic E-state index is 12.4. The average molecular weight is 356 g/mol. The average Bonchev–Trinajstić information content (AvgIpc) is 3.09. The van der Waals surface area contributed by atoms with Gasteiger partial charge in [-0.3, -0.25) is 14.7 Å². The van der Waals surface area contributed by atoms with Crippen LogP contribution in [0.4, 0.5) is 13.2 Å². The molecule has 0 aliphatic carbocycles. The minimum absolute atomic E-state index is 0.00987. The summed E-state index contributed by atoms with van der Waals surface area (Å²) < 4.78 is 42.3. The molecule has 138 valence electrons. The molecule has 1 saturated heterocycles. The van der Waals surface area contributed by atoms with Gasteiger partial charge in [-0.15, -0.1) is 0 Å². The van der Waals surface area contributed by atoms with Gasteiger partial charge in [0.15, 0.2) is 0 Å². The topological polar surface area (TPSA) is 41.9 Å². The zero-order valence-corrected chi connectivity index (χ0v) is 14.5. The number of nitrogens with zero attached hydrogens (tertiary/aromatic N) is 2. The summed E-state index contributed by atoms with van der Waals surface area (Å²) in [5.41, 5.74) is 1.25. The molecular weight excluding hydrogens is 333 g/mol. The smallest absolute Gasteiger partial charge is 0.450 e. The van der Waals surface area contributed by atoms with E-state index in [4.69, 9.17) is 4.74 Å². The van der Waals surface area contributed by atoms with Crippen LogP contribution in [0.3, 0.4) is 0 Å². The number of halogens is 3. The Balaban J connectivity index is 2.10. The van der Waals surface area contributed by atoms with Crippen LogP contribution in [0, 0.1) is 0 Å². The molecule has 1 atom stereocenters. The van der Waals surface area contributed by atoms with Crippen molar-refractivity contribution in [2.75, 3.05) is 26.7 Å². The Morgan fingerprint density at radius 3 is 2.36 bits per heavy atom. The molecule has 2 rings (SSSR count). The minimum Gasteiger partial charge on any atom is -0.497 e. The van der Waals surface area contributed by atoms with E-state index in [2.05, 4.69) is 9.89 Å². The van der Waals surface area contributed by atoms with E-state index in [1.165, 1.54) is 6.92 Å². The van der Waals surface area contributed by atoms with Gasteiger partial charge < -0.3 is 4.74 Å². The number of hydrogen-bond donors (Lipinski definition) is 0. The van der Waals surface area contributed by atoms with Gasteiger partial charge in [0.2, 0.25) is 5.78 Å². The van der Waals surface area contributed by atoms with Crippen LogP contribution >= 0.6 is 0 Å². The Morgan fingerprint density at radius 1 is 1.24 bits per heavy atom. The molecule has 1 aliphatic heterocycles. The molecule has 0 amide bonds. The predicted molar refractivity (Wildman–Crippen MR) is 90.2 cm³/mol. The van der Waals surface area contributed by atoms with Crippen molar-refractivity contribution in [2.45, 2.75) is 38.4 Å². The fraction of sp³-hybridized carbons (Fsp3) is 0.556. The predicted octanol–water partition coefficient (Wildman–Crippen LogP) is 3.81. The van der Waals surface area contributed by atoms with Crippen molar-refractivity contribution in [1.29, 1.82) is 0 Å². The van der Waals surface area contributed by atoms with Gasteiger partial charge in [-0.05, 0) is 50.6 Å². The highest BCUT2D eigenvalue weighted by molar-refractivity contribution is 6.03. The summed E-state index contributed by atoms with van der Waals surface area (Å²) in [4.78, 5) is 17.6. The molecule has 0 saturated carbocycles. The molecule has 0 spiro atoms. The summed E-state index contributed by atoms with van der Waals surface area (Å²) in [7, 11) is 1.60.